The quantitative estimate of drug-likeness (QED) is 0.789. The molecular weight excluding hydrogens is 212 g/mol. The first-order valence-corrected chi connectivity index (χ1v) is 5.92. The van der Waals surface area contributed by atoms with Crippen molar-refractivity contribution >= 4 is 0 Å². The second-order valence-electron chi connectivity index (χ2n) is 4.53. The molecule has 1 heterocycles. The number of ether oxygens (including phenoxy) is 1. The summed E-state index contributed by atoms with van der Waals surface area (Å²) in [6.45, 7) is 5.79. The van der Waals surface area contributed by atoms with E-state index in [4.69, 9.17) is 4.74 Å². The van der Waals surface area contributed by atoms with Crippen LogP contribution in [0.25, 0.3) is 5.69 Å². The van der Waals surface area contributed by atoms with Gasteiger partial charge in [-0.3, -0.25) is 0 Å². The first kappa shape index (κ1) is 11.9. The molecule has 0 saturated heterocycles. The molecule has 0 radical (unpaired) electrons. The summed E-state index contributed by atoms with van der Waals surface area (Å²) < 4.78 is 7.44. The lowest BCUT2D eigenvalue weighted by molar-refractivity contribution is 0.0971. The minimum absolute atomic E-state index is 0.582. The van der Waals surface area contributed by atoms with Crippen molar-refractivity contribution in [2.45, 2.75) is 20.5 Å². The molecule has 90 valence electrons. The van der Waals surface area contributed by atoms with Crippen LogP contribution in [0.15, 0.2) is 42.7 Å². The highest BCUT2D eigenvalue weighted by Crippen LogP contribution is 2.09. The normalized spacial score (nSPS) is 11.0. The smallest absolute Gasteiger partial charge is 0.0717 e. The SMILES string of the molecule is CC(C)COCc1ccc(-n2cccn2)cc1. The first-order valence-electron chi connectivity index (χ1n) is 5.92. The van der Waals surface area contributed by atoms with Crippen LogP contribution in [0.1, 0.15) is 19.4 Å². The van der Waals surface area contributed by atoms with Crippen LogP contribution < -0.4 is 0 Å². The molecule has 17 heavy (non-hydrogen) atoms. The molecule has 0 aliphatic heterocycles. The van der Waals surface area contributed by atoms with Gasteiger partial charge in [-0.25, -0.2) is 4.68 Å². The Labute approximate surface area is 102 Å². The van der Waals surface area contributed by atoms with E-state index in [1.165, 1.54) is 5.56 Å². The van der Waals surface area contributed by atoms with Crippen LogP contribution in [0.4, 0.5) is 0 Å². The molecule has 0 aliphatic rings. The van der Waals surface area contributed by atoms with Crippen LogP contribution in [-0.4, -0.2) is 16.4 Å². The van der Waals surface area contributed by atoms with Gasteiger partial charge in [0.05, 0.1) is 12.3 Å². The molecule has 2 rings (SSSR count). The third-order valence-corrected chi connectivity index (χ3v) is 2.43. The Balaban J connectivity index is 1.94. The van der Waals surface area contributed by atoms with Gasteiger partial charge in [0.2, 0.25) is 0 Å². The topological polar surface area (TPSA) is 27.1 Å². The summed E-state index contributed by atoms with van der Waals surface area (Å²) in [5.41, 5.74) is 2.27. The fraction of sp³-hybridized carbons (Fsp3) is 0.357. The maximum Gasteiger partial charge on any atom is 0.0717 e. The molecule has 0 spiro atoms. The Morgan fingerprint density at radius 3 is 2.59 bits per heavy atom. The van der Waals surface area contributed by atoms with Gasteiger partial charge in [0.1, 0.15) is 0 Å². The predicted octanol–water partition coefficient (Wildman–Crippen LogP) is 3.04. The van der Waals surface area contributed by atoms with Crippen LogP contribution in [0.3, 0.4) is 0 Å². The van der Waals surface area contributed by atoms with E-state index in [9.17, 15) is 0 Å². The second kappa shape index (κ2) is 5.64. The largest absolute Gasteiger partial charge is 0.377 e. The highest BCUT2D eigenvalue weighted by atomic mass is 16.5. The van der Waals surface area contributed by atoms with Crippen molar-refractivity contribution in [1.29, 1.82) is 0 Å². The predicted molar refractivity (Wildman–Crippen MR) is 68.1 cm³/mol. The number of nitrogens with zero attached hydrogens (tertiary/aromatic N) is 2. The third kappa shape index (κ3) is 3.43. The standard InChI is InChI=1S/C14H18N2O/c1-12(2)10-17-11-13-4-6-14(7-5-13)16-9-3-8-15-16/h3-9,12H,10-11H2,1-2H3. The molecule has 0 amide bonds. The zero-order valence-corrected chi connectivity index (χ0v) is 10.3. The van der Waals surface area contributed by atoms with E-state index >= 15 is 0 Å². The Kier molecular flexibility index (Phi) is 3.94. The summed E-state index contributed by atoms with van der Waals surface area (Å²) in [4.78, 5) is 0. The Morgan fingerprint density at radius 1 is 1.24 bits per heavy atom. The molecule has 3 nitrogen and oxygen atoms in total. The lowest BCUT2D eigenvalue weighted by Crippen LogP contribution is -2.02. The van der Waals surface area contributed by atoms with E-state index in [2.05, 4.69) is 43.2 Å². The molecule has 0 bridgehead atoms. The molecule has 0 N–H and O–H groups in total. The zero-order chi connectivity index (χ0) is 12.1. The van der Waals surface area contributed by atoms with Crippen molar-refractivity contribution in [2.24, 2.45) is 5.92 Å². The number of hydrogen-bond donors (Lipinski definition) is 0. The number of rotatable bonds is 5. The van der Waals surface area contributed by atoms with E-state index in [0.29, 0.717) is 12.5 Å². The average molecular weight is 230 g/mol. The monoisotopic (exact) mass is 230 g/mol. The number of aromatic nitrogens is 2. The molecule has 0 fully saturated rings. The maximum atomic E-state index is 5.59. The van der Waals surface area contributed by atoms with Gasteiger partial charge in [-0.2, -0.15) is 5.10 Å². The van der Waals surface area contributed by atoms with Gasteiger partial charge in [-0.1, -0.05) is 26.0 Å². The van der Waals surface area contributed by atoms with Crippen molar-refractivity contribution < 1.29 is 4.74 Å². The highest BCUT2D eigenvalue weighted by Gasteiger charge is 1.98. The van der Waals surface area contributed by atoms with E-state index in [0.717, 1.165) is 12.3 Å². The molecule has 0 unspecified atom stereocenters. The molecular formula is C14H18N2O. The van der Waals surface area contributed by atoms with Gasteiger partial charge in [-0.15, -0.1) is 0 Å². The van der Waals surface area contributed by atoms with Gasteiger partial charge in [0.25, 0.3) is 0 Å². The highest BCUT2D eigenvalue weighted by molar-refractivity contribution is 5.33. The van der Waals surface area contributed by atoms with E-state index in [1.807, 2.05) is 16.9 Å². The lowest BCUT2D eigenvalue weighted by Gasteiger charge is -2.07. The number of benzene rings is 1. The van der Waals surface area contributed by atoms with Gasteiger partial charge < -0.3 is 4.74 Å². The Morgan fingerprint density at radius 2 is 2.00 bits per heavy atom. The van der Waals surface area contributed by atoms with E-state index in [-0.39, 0.29) is 0 Å². The summed E-state index contributed by atoms with van der Waals surface area (Å²) in [5.74, 6) is 0.582. The molecule has 0 saturated carbocycles. The summed E-state index contributed by atoms with van der Waals surface area (Å²) >= 11 is 0. The summed E-state index contributed by atoms with van der Waals surface area (Å²) in [6.07, 6.45) is 3.71. The van der Waals surface area contributed by atoms with E-state index < -0.39 is 0 Å². The minimum Gasteiger partial charge on any atom is -0.377 e. The average Bonchev–Trinajstić information content (AvgIpc) is 2.83. The van der Waals surface area contributed by atoms with Gasteiger partial charge in [-0.05, 0) is 29.7 Å². The molecule has 3 heteroatoms. The summed E-state index contributed by atoms with van der Waals surface area (Å²) in [7, 11) is 0. The fourth-order valence-electron chi connectivity index (χ4n) is 1.58. The van der Waals surface area contributed by atoms with Crippen molar-refractivity contribution in [3.63, 3.8) is 0 Å². The van der Waals surface area contributed by atoms with Crippen molar-refractivity contribution in [1.82, 2.24) is 9.78 Å². The first-order chi connectivity index (χ1) is 8.25. The molecule has 1 aromatic heterocycles. The Bertz CT molecular complexity index is 432. The zero-order valence-electron chi connectivity index (χ0n) is 10.3. The van der Waals surface area contributed by atoms with Crippen LogP contribution in [0, 0.1) is 5.92 Å². The van der Waals surface area contributed by atoms with Gasteiger partial charge >= 0.3 is 0 Å². The summed E-state index contributed by atoms with van der Waals surface area (Å²) in [6, 6.07) is 10.2. The third-order valence-electron chi connectivity index (χ3n) is 2.43. The van der Waals surface area contributed by atoms with Crippen molar-refractivity contribution in [2.75, 3.05) is 6.61 Å². The lowest BCUT2D eigenvalue weighted by atomic mass is 10.2. The molecule has 0 aliphatic carbocycles. The van der Waals surface area contributed by atoms with Gasteiger partial charge in [0.15, 0.2) is 0 Å². The summed E-state index contributed by atoms with van der Waals surface area (Å²) in [5, 5.41) is 4.19. The molecule has 2 aromatic rings. The Hall–Kier alpha value is -1.61. The number of hydrogen-bond acceptors (Lipinski definition) is 2. The van der Waals surface area contributed by atoms with Crippen molar-refractivity contribution in [3.8, 4) is 5.69 Å². The van der Waals surface area contributed by atoms with Crippen LogP contribution in [-0.2, 0) is 11.3 Å². The van der Waals surface area contributed by atoms with Gasteiger partial charge in [0, 0.05) is 19.0 Å². The molecule has 1 aromatic carbocycles. The fourth-order valence-corrected chi connectivity index (χ4v) is 1.58. The van der Waals surface area contributed by atoms with Crippen LogP contribution in [0.2, 0.25) is 0 Å². The maximum absolute atomic E-state index is 5.59. The molecule has 0 atom stereocenters. The van der Waals surface area contributed by atoms with Crippen LogP contribution in [0.5, 0.6) is 0 Å². The van der Waals surface area contributed by atoms with Crippen LogP contribution >= 0.6 is 0 Å². The minimum atomic E-state index is 0.582. The van der Waals surface area contributed by atoms with E-state index in [1.54, 1.807) is 6.20 Å². The second-order valence-corrected chi connectivity index (χ2v) is 4.53. The van der Waals surface area contributed by atoms with Crippen molar-refractivity contribution in [3.05, 3.63) is 48.3 Å².